The van der Waals surface area contributed by atoms with E-state index in [0.29, 0.717) is 5.82 Å². The molecule has 2 N–H and O–H groups in total. The van der Waals surface area contributed by atoms with Crippen molar-refractivity contribution in [1.82, 2.24) is 9.97 Å². The fraction of sp³-hybridized carbons (Fsp3) is 0.556. The molecule has 0 fully saturated rings. The molecule has 0 aliphatic rings. The highest BCUT2D eigenvalue weighted by Crippen LogP contribution is 2.15. The van der Waals surface area contributed by atoms with Gasteiger partial charge in [0.1, 0.15) is 5.82 Å². The third-order valence-corrected chi connectivity index (χ3v) is 2.51. The summed E-state index contributed by atoms with van der Waals surface area (Å²) >= 11 is 1.61. The molecule has 0 spiro atoms. The minimum atomic E-state index is 0.534. The van der Waals surface area contributed by atoms with Gasteiger partial charge in [0, 0.05) is 31.2 Å². The van der Waals surface area contributed by atoms with Gasteiger partial charge in [0.25, 0.3) is 0 Å². The van der Waals surface area contributed by atoms with Gasteiger partial charge in [0.15, 0.2) is 5.16 Å². The van der Waals surface area contributed by atoms with Crippen LogP contribution in [0.3, 0.4) is 0 Å². The number of aromatic nitrogens is 2. The highest BCUT2D eigenvalue weighted by Gasteiger charge is 2.00. The zero-order valence-corrected chi connectivity index (χ0v) is 9.30. The molecule has 0 aromatic carbocycles. The van der Waals surface area contributed by atoms with Crippen LogP contribution in [0.25, 0.3) is 0 Å². The number of anilines is 1. The second-order valence-corrected chi connectivity index (χ2v) is 3.97. The van der Waals surface area contributed by atoms with Gasteiger partial charge in [-0.25, -0.2) is 9.97 Å². The van der Waals surface area contributed by atoms with Crippen molar-refractivity contribution in [3.63, 3.8) is 0 Å². The van der Waals surface area contributed by atoms with Crippen molar-refractivity contribution in [3.8, 4) is 0 Å². The Kier molecular flexibility index (Phi) is 4.69. The number of rotatable bonds is 5. The summed E-state index contributed by atoms with van der Waals surface area (Å²) in [4.78, 5) is 8.38. The largest absolute Gasteiger partial charge is 0.385 e. The minimum absolute atomic E-state index is 0.534. The SMILES string of the molecule is COCCCSc1nc(C)cc(N)n1. The molecule has 0 saturated heterocycles. The van der Waals surface area contributed by atoms with E-state index in [2.05, 4.69) is 9.97 Å². The molecule has 1 aromatic rings. The quantitative estimate of drug-likeness (QED) is 0.456. The Morgan fingerprint density at radius 1 is 1.50 bits per heavy atom. The average Bonchev–Trinajstić information content (AvgIpc) is 2.11. The number of nitrogens with zero attached hydrogens (tertiary/aromatic N) is 2. The molecule has 0 saturated carbocycles. The topological polar surface area (TPSA) is 61.0 Å². The average molecular weight is 213 g/mol. The standard InChI is InChI=1S/C9H15N3OS/c1-7-6-8(10)12-9(11-7)14-5-3-4-13-2/h6H,3-5H2,1-2H3,(H2,10,11,12). The summed E-state index contributed by atoms with van der Waals surface area (Å²) in [6, 6.07) is 1.76. The smallest absolute Gasteiger partial charge is 0.189 e. The molecule has 0 unspecified atom stereocenters. The Morgan fingerprint density at radius 3 is 2.93 bits per heavy atom. The van der Waals surface area contributed by atoms with Crippen LogP contribution in [0.5, 0.6) is 0 Å². The zero-order valence-electron chi connectivity index (χ0n) is 8.49. The first-order valence-electron chi connectivity index (χ1n) is 4.45. The molecule has 0 amide bonds. The maximum Gasteiger partial charge on any atom is 0.189 e. The summed E-state index contributed by atoms with van der Waals surface area (Å²) in [6.07, 6.45) is 0.998. The lowest BCUT2D eigenvalue weighted by atomic mass is 10.4. The van der Waals surface area contributed by atoms with E-state index >= 15 is 0 Å². The highest BCUT2D eigenvalue weighted by atomic mass is 32.2. The van der Waals surface area contributed by atoms with Crippen LogP contribution in [0.1, 0.15) is 12.1 Å². The van der Waals surface area contributed by atoms with Crippen LogP contribution in [-0.4, -0.2) is 29.4 Å². The van der Waals surface area contributed by atoms with E-state index in [9.17, 15) is 0 Å². The van der Waals surface area contributed by atoms with Crippen LogP contribution >= 0.6 is 11.8 Å². The van der Waals surface area contributed by atoms with Crippen LogP contribution in [0.4, 0.5) is 5.82 Å². The number of hydrogen-bond donors (Lipinski definition) is 1. The first kappa shape index (κ1) is 11.3. The van der Waals surface area contributed by atoms with Crippen molar-refractivity contribution in [2.24, 2.45) is 0 Å². The molecular weight excluding hydrogens is 198 g/mol. The number of ether oxygens (including phenoxy) is 1. The second kappa shape index (κ2) is 5.82. The number of hydrogen-bond acceptors (Lipinski definition) is 5. The predicted octanol–water partition coefficient (Wildman–Crippen LogP) is 1.50. The van der Waals surface area contributed by atoms with Crippen LogP contribution in [0, 0.1) is 6.92 Å². The van der Waals surface area contributed by atoms with Gasteiger partial charge in [0.2, 0.25) is 0 Å². The van der Waals surface area contributed by atoms with Gasteiger partial charge in [-0.3, -0.25) is 0 Å². The highest BCUT2D eigenvalue weighted by molar-refractivity contribution is 7.99. The number of methoxy groups -OCH3 is 1. The summed E-state index contributed by atoms with van der Waals surface area (Å²) < 4.78 is 4.95. The van der Waals surface area contributed by atoms with Gasteiger partial charge in [-0.15, -0.1) is 0 Å². The van der Waals surface area contributed by atoms with Gasteiger partial charge in [-0.2, -0.15) is 0 Å². The van der Waals surface area contributed by atoms with E-state index in [1.165, 1.54) is 0 Å². The van der Waals surface area contributed by atoms with Crippen LogP contribution in [0.15, 0.2) is 11.2 Å². The summed E-state index contributed by atoms with van der Waals surface area (Å²) in [5.41, 5.74) is 6.51. The van der Waals surface area contributed by atoms with Gasteiger partial charge in [-0.1, -0.05) is 11.8 Å². The third-order valence-electron chi connectivity index (χ3n) is 1.58. The van der Waals surface area contributed by atoms with Crippen LogP contribution in [0.2, 0.25) is 0 Å². The van der Waals surface area contributed by atoms with Crippen molar-refractivity contribution < 1.29 is 4.74 Å². The van der Waals surface area contributed by atoms with E-state index in [1.54, 1.807) is 24.9 Å². The Bertz CT molecular complexity index is 273. The lowest BCUT2D eigenvalue weighted by Crippen LogP contribution is -1.98. The fourth-order valence-corrected chi connectivity index (χ4v) is 1.82. The Hall–Kier alpha value is -0.810. The minimum Gasteiger partial charge on any atom is -0.385 e. The summed E-state index contributed by atoms with van der Waals surface area (Å²) in [5, 5.41) is 0.749. The van der Waals surface area contributed by atoms with Crippen molar-refractivity contribution in [2.45, 2.75) is 18.5 Å². The number of nitrogen functional groups attached to an aromatic ring is 1. The molecule has 0 atom stereocenters. The molecule has 1 rings (SSSR count). The van der Waals surface area contributed by atoms with Gasteiger partial charge in [-0.05, 0) is 13.3 Å². The molecule has 0 aliphatic carbocycles. The summed E-state index contributed by atoms with van der Waals surface area (Å²) in [5.74, 6) is 1.49. The molecule has 0 radical (unpaired) electrons. The third kappa shape index (κ3) is 3.93. The molecule has 5 heteroatoms. The number of aryl methyl sites for hydroxylation is 1. The predicted molar refractivity (Wildman–Crippen MR) is 58.4 cm³/mol. The maximum atomic E-state index is 5.60. The van der Waals surface area contributed by atoms with E-state index < -0.39 is 0 Å². The first-order chi connectivity index (χ1) is 6.72. The maximum absolute atomic E-state index is 5.60. The summed E-state index contributed by atoms with van der Waals surface area (Å²) in [6.45, 7) is 2.69. The van der Waals surface area contributed by atoms with Crippen molar-refractivity contribution in [2.75, 3.05) is 25.2 Å². The van der Waals surface area contributed by atoms with Crippen molar-refractivity contribution >= 4 is 17.6 Å². The van der Waals surface area contributed by atoms with Gasteiger partial charge < -0.3 is 10.5 Å². The van der Waals surface area contributed by atoms with Crippen LogP contribution < -0.4 is 5.73 Å². The number of nitrogens with two attached hydrogens (primary N) is 1. The fourth-order valence-electron chi connectivity index (χ4n) is 0.996. The molecule has 0 bridgehead atoms. The molecule has 4 nitrogen and oxygen atoms in total. The lowest BCUT2D eigenvalue weighted by molar-refractivity contribution is 0.200. The Morgan fingerprint density at radius 2 is 2.29 bits per heavy atom. The summed E-state index contributed by atoms with van der Waals surface area (Å²) in [7, 11) is 1.70. The van der Waals surface area contributed by atoms with E-state index in [0.717, 1.165) is 29.6 Å². The molecule has 14 heavy (non-hydrogen) atoms. The van der Waals surface area contributed by atoms with E-state index in [1.807, 2.05) is 6.92 Å². The van der Waals surface area contributed by atoms with Gasteiger partial charge in [0.05, 0.1) is 0 Å². The van der Waals surface area contributed by atoms with Crippen molar-refractivity contribution in [1.29, 1.82) is 0 Å². The molecular formula is C9H15N3OS. The Balaban J connectivity index is 2.42. The number of thioether (sulfide) groups is 1. The lowest BCUT2D eigenvalue weighted by Gasteiger charge is -2.02. The molecule has 1 aromatic heterocycles. The monoisotopic (exact) mass is 213 g/mol. The molecule has 1 heterocycles. The van der Waals surface area contributed by atoms with Crippen LogP contribution in [-0.2, 0) is 4.74 Å². The van der Waals surface area contributed by atoms with Gasteiger partial charge >= 0.3 is 0 Å². The van der Waals surface area contributed by atoms with Crippen molar-refractivity contribution in [3.05, 3.63) is 11.8 Å². The first-order valence-corrected chi connectivity index (χ1v) is 5.44. The molecule has 78 valence electrons. The molecule has 0 aliphatic heterocycles. The zero-order chi connectivity index (χ0) is 10.4. The van der Waals surface area contributed by atoms with E-state index in [-0.39, 0.29) is 0 Å². The second-order valence-electron chi connectivity index (χ2n) is 2.91. The Labute approximate surface area is 88.3 Å². The van der Waals surface area contributed by atoms with E-state index in [4.69, 9.17) is 10.5 Å². The normalized spacial score (nSPS) is 10.4.